The van der Waals surface area contributed by atoms with Crippen LogP contribution in [-0.2, 0) is 25.7 Å². The van der Waals surface area contributed by atoms with Crippen molar-refractivity contribution in [2.45, 2.75) is 25.9 Å². The molecule has 21 heavy (non-hydrogen) atoms. The molecule has 4 nitrogen and oxygen atoms in total. The van der Waals surface area contributed by atoms with E-state index in [1.165, 1.54) is 7.11 Å². The number of fused-ring (bicyclic) bond motifs is 1. The minimum Gasteiger partial charge on any atom is -0.469 e. The van der Waals surface area contributed by atoms with Crippen LogP contribution in [0.4, 0.5) is 0 Å². The fourth-order valence-corrected chi connectivity index (χ4v) is 3.90. The van der Waals surface area contributed by atoms with Crippen molar-refractivity contribution in [1.29, 1.82) is 0 Å². The van der Waals surface area contributed by atoms with Gasteiger partial charge in [-0.1, -0.05) is 36.8 Å². The molecule has 0 N–H and O–H groups in total. The first-order valence-corrected chi connectivity index (χ1v) is 7.50. The zero-order valence-electron chi connectivity index (χ0n) is 12.2. The highest BCUT2D eigenvalue weighted by Crippen LogP contribution is 2.56. The van der Waals surface area contributed by atoms with Crippen LogP contribution in [0.15, 0.2) is 30.3 Å². The van der Waals surface area contributed by atoms with Gasteiger partial charge in [-0.15, -0.1) is 0 Å². The highest BCUT2D eigenvalue weighted by Gasteiger charge is 2.59. The van der Waals surface area contributed by atoms with Gasteiger partial charge in [0.15, 0.2) is 0 Å². The van der Waals surface area contributed by atoms with Crippen LogP contribution in [0.2, 0.25) is 0 Å². The van der Waals surface area contributed by atoms with E-state index < -0.39 is 0 Å². The molecule has 112 valence electrons. The van der Waals surface area contributed by atoms with Crippen molar-refractivity contribution in [3.63, 3.8) is 0 Å². The van der Waals surface area contributed by atoms with Crippen LogP contribution in [-0.4, -0.2) is 19.0 Å². The van der Waals surface area contributed by atoms with E-state index in [-0.39, 0.29) is 30.4 Å². The standard InChI is InChI=1S/C17H20O4/c1-20-16(18)14-12-8-5-9-13(12)15(14)17(19)21-10-11-6-3-2-4-7-11/h2-4,6-7,12-15H,5,8-10H2,1H3/t12-,13+,14+,15-/m1/s1. The second-order valence-electron chi connectivity index (χ2n) is 5.93. The summed E-state index contributed by atoms with van der Waals surface area (Å²) in [5.41, 5.74) is 0.961. The van der Waals surface area contributed by atoms with Crippen LogP contribution in [0, 0.1) is 23.7 Å². The fraction of sp³-hybridized carbons (Fsp3) is 0.529. The summed E-state index contributed by atoms with van der Waals surface area (Å²) in [4.78, 5) is 24.2. The molecule has 0 saturated heterocycles. The van der Waals surface area contributed by atoms with E-state index in [0.717, 1.165) is 24.8 Å². The van der Waals surface area contributed by atoms with E-state index in [9.17, 15) is 9.59 Å². The van der Waals surface area contributed by atoms with Gasteiger partial charge in [0.1, 0.15) is 6.61 Å². The van der Waals surface area contributed by atoms with Crippen LogP contribution >= 0.6 is 0 Å². The Kier molecular flexibility index (Phi) is 3.95. The van der Waals surface area contributed by atoms with E-state index in [4.69, 9.17) is 9.47 Å². The molecule has 0 unspecified atom stereocenters. The number of carbonyl (C=O) groups is 2. The second-order valence-corrected chi connectivity index (χ2v) is 5.93. The van der Waals surface area contributed by atoms with Crippen LogP contribution in [0.3, 0.4) is 0 Å². The third-order valence-electron chi connectivity index (χ3n) is 4.90. The van der Waals surface area contributed by atoms with Crippen molar-refractivity contribution in [2.24, 2.45) is 23.7 Å². The minimum absolute atomic E-state index is 0.252. The van der Waals surface area contributed by atoms with Crippen LogP contribution in [0.1, 0.15) is 24.8 Å². The number of carbonyl (C=O) groups excluding carboxylic acids is 2. The van der Waals surface area contributed by atoms with Gasteiger partial charge in [0, 0.05) is 0 Å². The average Bonchev–Trinajstić information content (AvgIpc) is 2.89. The summed E-state index contributed by atoms with van der Waals surface area (Å²) in [7, 11) is 1.39. The minimum atomic E-state index is -0.311. The summed E-state index contributed by atoms with van der Waals surface area (Å²) in [6.45, 7) is 0.265. The highest BCUT2D eigenvalue weighted by atomic mass is 16.5. The van der Waals surface area contributed by atoms with Crippen molar-refractivity contribution in [3.05, 3.63) is 35.9 Å². The topological polar surface area (TPSA) is 52.6 Å². The first-order chi connectivity index (χ1) is 10.2. The number of hydrogen-bond acceptors (Lipinski definition) is 4. The van der Waals surface area contributed by atoms with Crippen molar-refractivity contribution in [2.75, 3.05) is 7.11 Å². The Bertz CT molecular complexity index is 525. The maximum atomic E-state index is 12.3. The largest absolute Gasteiger partial charge is 0.469 e. The molecule has 1 aromatic carbocycles. The lowest BCUT2D eigenvalue weighted by atomic mass is 9.58. The zero-order chi connectivity index (χ0) is 14.8. The van der Waals surface area contributed by atoms with Gasteiger partial charge in [-0.05, 0) is 30.2 Å². The Hall–Kier alpha value is -1.84. The summed E-state index contributed by atoms with van der Waals surface area (Å²) >= 11 is 0. The van der Waals surface area contributed by atoms with Gasteiger partial charge in [0.25, 0.3) is 0 Å². The predicted octanol–water partition coefficient (Wildman–Crippen LogP) is 2.57. The monoisotopic (exact) mass is 288 g/mol. The number of ether oxygens (including phenoxy) is 2. The molecular weight excluding hydrogens is 268 g/mol. The molecule has 0 aromatic heterocycles. The van der Waals surface area contributed by atoms with Gasteiger partial charge >= 0.3 is 11.9 Å². The van der Waals surface area contributed by atoms with Crippen LogP contribution < -0.4 is 0 Å². The molecule has 0 aliphatic heterocycles. The Morgan fingerprint density at radius 1 is 1.05 bits per heavy atom. The van der Waals surface area contributed by atoms with Gasteiger partial charge in [-0.3, -0.25) is 9.59 Å². The second kappa shape index (κ2) is 5.88. The van der Waals surface area contributed by atoms with E-state index in [1.807, 2.05) is 30.3 Å². The summed E-state index contributed by atoms with van der Waals surface area (Å²) in [6.07, 6.45) is 3.13. The Morgan fingerprint density at radius 3 is 2.29 bits per heavy atom. The van der Waals surface area contributed by atoms with Crippen LogP contribution in [0.5, 0.6) is 0 Å². The zero-order valence-corrected chi connectivity index (χ0v) is 12.2. The molecular formula is C17H20O4. The van der Waals surface area contributed by atoms with E-state index in [1.54, 1.807) is 0 Å². The summed E-state index contributed by atoms with van der Waals surface area (Å²) < 4.78 is 10.3. The first-order valence-electron chi connectivity index (χ1n) is 7.50. The molecule has 3 rings (SSSR count). The van der Waals surface area contributed by atoms with E-state index in [2.05, 4.69) is 0 Å². The Labute approximate surface area is 124 Å². The molecule has 0 amide bonds. The summed E-state index contributed by atoms with van der Waals surface area (Å²) in [5.74, 6) is -0.513. The highest BCUT2D eigenvalue weighted by molar-refractivity contribution is 5.85. The SMILES string of the molecule is COC(=O)[C@H]1[C@@H]2CCC[C@@H]2[C@H]1C(=O)OCc1ccccc1. The van der Waals surface area contributed by atoms with Gasteiger partial charge in [0.05, 0.1) is 18.9 Å². The number of rotatable bonds is 4. The van der Waals surface area contributed by atoms with Gasteiger partial charge < -0.3 is 9.47 Å². The van der Waals surface area contributed by atoms with Crippen molar-refractivity contribution < 1.29 is 19.1 Å². The van der Waals surface area contributed by atoms with Gasteiger partial charge in [0.2, 0.25) is 0 Å². The molecule has 4 atom stereocenters. The molecule has 0 spiro atoms. The third kappa shape index (κ3) is 2.55. The average molecular weight is 288 g/mol. The smallest absolute Gasteiger partial charge is 0.310 e. The molecule has 4 heteroatoms. The van der Waals surface area contributed by atoms with E-state index >= 15 is 0 Å². The molecule has 2 aliphatic rings. The lowest BCUT2D eigenvalue weighted by Gasteiger charge is -2.45. The number of esters is 2. The first kappa shape index (κ1) is 14.1. The lowest BCUT2D eigenvalue weighted by Crippen LogP contribution is -2.52. The number of methoxy groups -OCH3 is 1. The maximum Gasteiger partial charge on any atom is 0.310 e. The normalized spacial score (nSPS) is 30.1. The predicted molar refractivity (Wildman–Crippen MR) is 76.1 cm³/mol. The lowest BCUT2D eigenvalue weighted by molar-refractivity contribution is -0.179. The van der Waals surface area contributed by atoms with Crippen molar-refractivity contribution in [1.82, 2.24) is 0 Å². The summed E-state index contributed by atoms with van der Waals surface area (Å²) in [5, 5.41) is 0. The third-order valence-corrected chi connectivity index (χ3v) is 4.90. The molecule has 2 saturated carbocycles. The molecule has 0 bridgehead atoms. The summed E-state index contributed by atoms with van der Waals surface area (Å²) in [6, 6.07) is 9.59. The Balaban J connectivity index is 1.64. The molecule has 0 radical (unpaired) electrons. The van der Waals surface area contributed by atoms with Gasteiger partial charge in [-0.2, -0.15) is 0 Å². The van der Waals surface area contributed by atoms with Crippen LogP contribution in [0.25, 0.3) is 0 Å². The van der Waals surface area contributed by atoms with Gasteiger partial charge in [-0.25, -0.2) is 0 Å². The maximum absolute atomic E-state index is 12.3. The fourth-order valence-electron chi connectivity index (χ4n) is 3.90. The number of hydrogen-bond donors (Lipinski definition) is 0. The van der Waals surface area contributed by atoms with Crippen molar-refractivity contribution >= 4 is 11.9 Å². The molecule has 2 aliphatic carbocycles. The number of benzene rings is 1. The molecule has 1 aromatic rings. The Morgan fingerprint density at radius 2 is 1.67 bits per heavy atom. The molecule has 0 heterocycles. The molecule has 2 fully saturated rings. The van der Waals surface area contributed by atoms with E-state index in [0.29, 0.717) is 11.8 Å². The van der Waals surface area contributed by atoms with Crippen molar-refractivity contribution in [3.8, 4) is 0 Å². The quantitative estimate of drug-likeness (QED) is 0.799.